The third kappa shape index (κ3) is 5.68. The van der Waals surface area contributed by atoms with Gasteiger partial charge in [-0.05, 0) is 37.6 Å². The molecule has 0 aliphatic rings. The predicted octanol–water partition coefficient (Wildman–Crippen LogP) is 3.67. The fourth-order valence-electron chi connectivity index (χ4n) is 2.13. The van der Waals surface area contributed by atoms with Crippen molar-refractivity contribution in [3.63, 3.8) is 0 Å². The number of aryl methyl sites for hydroxylation is 1. The van der Waals surface area contributed by atoms with Crippen molar-refractivity contribution in [2.45, 2.75) is 40.7 Å². The molecule has 146 valence electrons. The second-order valence-electron chi connectivity index (χ2n) is 7.21. The van der Waals surface area contributed by atoms with Crippen molar-refractivity contribution in [1.82, 2.24) is 5.32 Å². The molecular weight excluding hydrogens is 368 g/mol. The summed E-state index contributed by atoms with van der Waals surface area (Å²) >= 11 is 1.12. The van der Waals surface area contributed by atoms with Gasteiger partial charge < -0.3 is 19.8 Å². The number of rotatable bonds is 6. The Bertz CT molecular complexity index is 818. The van der Waals surface area contributed by atoms with Gasteiger partial charge in [-0.3, -0.25) is 9.59 Å². The molecule has 0 radical (unpaired) electrons. The second kappa shape index (κ2) is 8.39. The van der Waals surface area contributed by atoms with Crippen molar-refractivity contribution in [1.29, 1.82) is 0 Å². The molecule has 0 spiro atoms. The molecule has 0 bridgehead atoms. The molecule has 2 aromatic heterocycles. The highest BCUT2D eigenvalue weighted by Crippen LogP contribution is 2.29. The van der Waals surface area contributed by atoms with Crippen LogP contribution in [0.3, 0.4) is 0 Å². The lowest BCUT2D eigenvalue weighted by Gasteiger charge is -2.16. The number of thiophene rings is 1. The van der Waals surface area contributed by atoms with Gasteiger partial charge in [-0.15, -0.1) is 11.3 Å². The number of hydrogen-bond donors (Lipinski definition) is 2. The van der Waals surface area contributed by atoms with Crippen LogP contribution in [0.15, 0.2) is 28.9 Å². The molecule has 27 heavy (non-hydrogen) atoms. The van der Waals surface area contributed by atoms with Crippen LogP contribution in [0.2, 0.25) is 0 Å². The number of anilines is 1. The Morgan fingerprint density at radius 3 is 2.59 bits per heavy atom. The van der Waals surface area contributed by atoms with E-state index in [-0.39, 0.29) is 11.9 Å². The lowest BCUT2D eigenvalue weighted by atomic mass is 9.96. The summed E-state index contributed by atoms with van der Waals surface area (Å²) in [5, 5.41) is 6.04. The van der Waals surface area contributed by atoms with Crippen LogP contribution in [0.4, 0.5) is 5.00 Å². The van der Waals surface area contributed by atoms with E-state index in [0.717, 1.165) is 11.3 Å². The molecule has 2 N–H and O–H groups in total. The molecular formula is C19H24N2O5S. The number of carbonyl (C=O) groups is 3. The highest BCUT2D eigenvalue weighted by atomic mass is 32.1. The number of nitrogens with one attached hydrogen (secondary N) is 2. The Morgan fingerprint density at radius 2 is 2.00 bits per heavy atom. The van der Waals surface area contributed by atoms with E-state index in [2.05, 4.69) is 10.6 Å². The molecule has 0 aromatic carbocycles. The van der Waals surface area contributed by atoms with Crippen molar-refractivity contribution in [2.24, 2.45) is 5.41 Å². The quantitative estimate of drug-likeness (QED) is 0.731. The van der Waals surface area contributed by atoms with Gasteiger partial charge in [0.2, 0.25) is 5.91 Å². The van der Waals surface area contributed by atoms with Crippen LogP contribution in [0.1, 0.15) is 54.7 Å². The normalized spacial score (nSPS) is 12.3. The molecule has 2 heterocycles. The van der Waals surface area contributed by atoms with Crippen LogP contribution in [-0.2, 0) is 14.3 Å². The zero-order chi connectivity index (χ0) is 20.2. The molecule has 1 unspecified atom stereocenters. The van der Waals surface area contributed by atoms with Crippen molar-refractivity contribution >= 4 is 34.1 Å². The maximum atomic E-state index is 12.3. The van der Waals surface area contributed by atoms with Crippen molar-refractivity contribution < 1.29 is 23.5 Å². The molecule has 0 aliphatic heterocycles. The van der Waals surface area contributed by atoms with Crippen LogP contribution in [0, 0.1) is 12.3 Å². The molecule has 2 aromatic rings. The van der Waals surface area contributed by atoms with Gasteiger partial charge in [0.25, 0.3) is 5.91 Å². The monoisotopic (exact) mass is 392 g/mol. The maximum absolute atomic E-state index is 12.3. The number of carbonyl (C=O) groups excluding carboxylic acids is 3. The van der Waals surface area contributed by atoms with Gasteiger partial charge in [-0.2, -0.15) is 0 Å². The first-order valence-corrected chi connectivity index (χ1v) is 9.31. The second-order valence-corrected chi connectivity index (χ2v) is 8.26. The van der Waals surface area contributed by atoms with E-state index in [1.165, 1.54) is 6.26 Å². The van der Waals surface area contributed by atoms with Gasteiger partial charge in [-0.1, -0.05) is 20.8 Å². The van der Waals surface area contributed by atoms with E-state index in [1.54, 1.807) is 52.8 Å². The summed E-state index contributed by atoms with van der Waals surface area (Å²) in [5.74, 6) is -0.560. The number of amides is 2. The first-order valence-electron chi connectivity index (χ1n) is 8.49. The fraction of sp³-hybridized carbons (Fsp3) is 0.421. The Hall–Kier alpha value is -2.61. The highest BCUT2D eigenvalue weighted by Gasteiger charge is 2.23. The largest absolute Gasteiger partial charge is 0.467 e. The number of furan rings is 1. The molecule has 8 heteroatoms. The fourth-order valence-corrected chi connectivity index (χ4v) is 3.10. The van der Waals surface area contributed by atoms with Crippen LogP contribution in [0.25, 0.3) is 0 Å². The zero-order valence-electron chi connectivity index (χ0n) is 16.0. The molecule has 1 atom stereocenters. The van der Waals surface area contributed by atoms with Crippen LogP contribution < -0.4 is 10.6 Å². The molecule has 0 aliphatic carbocycles. The standard InChI is InChI=1S/C19H24N2O5S/c1-11-9-15(21-18(24)19(3,4)5)27-16(11)17(23)26-10-14(22)20-12(2)13-7-6-8-25-13/h6-9,12H,10H2,1-5H3,(H,20,22)(H,21,24). The SMILES string of the molecule is Cc1cc(NC(=O)C(C)(C)C)sc1C(=O)OCC(=O)NC(C)c1ccco1. The summed E-state index contributed by atoms with van der Waals surface area (Å²) in [7, 11) is 0. The van der Waals surface area contributed by atoms with E-state index in [0.29, 0.717) is 21.2 Å². The average Bonchev–Trinajstić information content (AvgIpc) is 3.21. The molecule has 2 amide bonds. The number of hydrogen-bond acceptors (Lipinski definition) is 6. The summed E-state index contributed by atoms with van der Waals surface area (Å²) in [6.45, 7) is 8.54. The Kier molecular flexibility index (Phi) is 6.43. The van der Waals surface area contributed by atoms with Gasteiger partial charge in [0.1, 0.15) is 10.6 Å². The van der Waals surface area contributed by atoms with Crippen molar-refractivity contribution in [3.05, 3.63) is 40.7 Å². The van der Waals surface area contributed by atoms with E-state index < -0.39 is 23.9 Å². The van der Waals surface area contributed by atoms with Gasteiger partial charge in [0.15, 0.2) is 6.61 Å². The smallest absolute Gasteiger partial charge is 0.349 e. The third-order valence-corrected chi connectivity index (χ3v) is 4.84. The van der Waals surface area contributed by atoms with Gasteiger partial charge in [0, 0.05) is 5.41 Å². The third-order valence-electron chi connectivity index (χ3n) is 3.70. The minimum Gasteiger partial charge on any atom is -0.467 e. The van der Waals surface area contributed by atoms with Crippen molar-refractivity contribution in [2.75, 3.05) is 11.9 Å². The lowest BCUT2D eigenvalue weighted by molar-refractivity contribution is -0.125. The first kappa shape index (κ1) is 20.7. The van der Waals surface area contributed by atoms with Crippen molar-refractivity contribution in [3.8, 4) is 0 Å². The molecule has 0 saturated heterocycles. The van der Waals surface area contributed by atoms with E-state index in [4.69, 9.17) is 9.15 Å². The molecule has 0 fully saturated rings. The molecule has 0 saturated carbocycles. The van der Waals surface area contributed by atoms with Crippen LogP contribution in [-0.4, -0.2) is 24.4 Å². The summed E-state index contributed by atoms with van der Waals surface area (Å²) in [5.41, 5.74) is 0.139. The number of esters is 1. The van der Waals surface area contributed by atoms with E-state index in [1.807, 2.05) is 0 Å². The van der Waals surface area contributed by atoms with E-state index in [9.17, 15) is 14.4 Å². The lowest BCUT2D eigenvalue weighted by Crippen LogP contribution is -2.30. The Morgan fingerprint density at radius 1 is 1.30 bits per heavy atom. The molecule has 2 rings (SSSR count). The zero-order valence-corrected chi connectivity index (χ0v) is 16.9. The summed E-state index contributed by atoms with van der Waals surface area (Å²) < 4.78 is 10.3. The van der Waals surface area contributed by atoms with Crippen LogP contribution in [0.5, 0.6) is 0 Å². The summed E-state index contributed by atoms with van der Waals surface area (Å²) in [6, 6.07) is 4.87. The van der Waals surface area contributed by atoms with E-state index >= 15 is 0 Å². The first-order chi connectivity index (χ1) is 12.6. The summed E-state index contributed by atoms with van der Waals surface area (Å²) in [4.78, 5) is 36.6. The van der Waals surface area contributed by atoms with Gasteiger partial charge in [-0.25, -0.2) is 4.79 Å². The minimum atomic E-state index is -0.602. The topological polar surface area (TPSA) is 97.6 Å². The van der Waals surface area contributed by atoms with Crippen LogP contribution >= 0.6 is 11.3 Å². The highest BCUT2D eigenvalue weighted by molar-refractivity contribution is 7.18. The van der Waals surface area contributed by atoms with Gasteiger partial charge in [0.05, 0.1) is 17.3 Å². The Balaban J connectivity index is 1.90. The minimum absolute atomic E-state index is 0.144. The summed E-state index contributed by atoms with van der Waals surface area (Å²) in [6.07, 6.45) is 1.52. The Labute approximate surface area is 162 Å². The maximum Gasteiger partial charge on any atom is 0.349 e. The predicted molar refractivity (Wildman–Crippen MR) is 103 cm³/mol. The average molecular weight is 392 g/mol. The number of ether oxygens (including phenoxy) is 1. The molecule has 7 nitrogen and oxygen atoms in total. The van der Waals surface area contributed by atoms with Gasteiger partial charge >= 0.3 is 5.97 Å².